The van der Waals surface area contributed by atoms with Gasteiger partial charge < -0.3 is 42.6 Å². The summed E-state index contributed by atoms with van der Waals surface area (Å²) in [6.07, 6.45) is 28.5. The Morgan fingerprint density at radius 3 is 1.11 bits per heavy atom. The molecule has 0 aromatic carbocycles. The van der Waals surface area contributed by atoms with E-state index in [1.807, 2.05) is 55.4 Å². The summed E-state index contributed by atoms with van der Waals surface area (Å²) in [6, 6.07) is 0. The standard InChI is InChI=1S/C22H36O5.C21H34O5.C20H32O5.5CH4/c1-4-22(2,3)21(24)27-19-12-16-10-17(19)18(11-16)20(23)26-14-25-13-15-8-6-5-7-9-15;1-4-21(2,3)20(23)26-18-12-14-10-16(18)17(11-14)19(22)25-13-24-15-8-6-5-7-9-15;1-3-13(2)19(21)25-18-11-14-9-16(18)17(10-14)20(22)24-12-23-15-7-5-4-6-8-15;;;;;/h15-19H,4-14H2,1-3H3;14-18H,4-13H2,1-3H3;13-18H,3-12H2,1-2H3;5*1H4. The average molecular weight is 1180 g/mol. The van der Waals surface area contributed by atoms with E-state index in [4.69, 9.17) is 42.6 Å². The maximum absolute atomic E-state index is 12.5. The summed E-state index contributed by atoms with van der Waals surface area (Å²) in [5.41, 5.74) is -0.934. The third-order valence-electron chi connectivity index (χ3n) is 20.3. The molecule has 0 spiro atoms. The molecule has 9 fully saturated rings. The van der Waals surface area contributed by atoms with E-state index in [9.17, 15) is 28.8 Å². The lowest BCUT2D eigenvalue weighted by Crippen LogP contribution is -2.37. The van der Waals surface area contributed by atoms with E-state index < -0.39 is 10.8 Å². The van der Waals surface area contributed by atoms with Gasteiger partial charge in [0, 0.05) is 17.8 Å². The molecular weight excluding hydrogens is 1060 g/mol. The van der Waals surface area contributed by atoms with Crippen LogP contribution >= 0.6 is 0 Å². The van der Waals surface area contributed by atoms with E-state index in [1.54, 1.807) is 0 Å². The van der Waals surface area contributed by atoms with Crippen LogP contribution in [0.4, 0.5) is 0 Å². The Morgan fingerprint density at radius 1 is 0.434 bits per heavy atom. The Labute approximate surface area is 504 Å². The molecule has 15 heteroatoms. The SMILES string of the molecule is C.C.C.C.C.CCC(C)(C)C(=O)OC1CC2CC(C(=O)OCOC3CCCCC3)C1C2.CCC(C)(C)C(=O)OC1CC2CC(C(=O)OCOCC3CCCCC3)C1C2.CCC(C)C(=O)OC1CC2CC(C(=O)OCOC3CCCCC3)C1C2. The predicted octanol–water partition coefficient (Wildman–Crippen LogP) is 15.7. The van der Waals surface area contributed by atoms with Crippen LogP contribution in [0.3, 0.4) is 0 Å². The lowest BCUT2D eigenvalue weighted by atomic mass is 9.86. The van der Waals surface area contributed by atoms with Gasteiger partial charge in [-0.1, -0.05) is 123 Å². The van der Waals surface area contributed by atoms with Crippen LogP contribution in [0.5, 0.6) is 0 Å². The van der Waals surface area contributed by atoms with E-state index in [0.717, 1.165) is 103 Å². The van der Waals surface area contributed by atoms with E-state index in [0.29, 0.717) is 30.3 Å². The third kappa shape index (κ3) is 21.2. The van der Waals surface area contributed by atoms with Crippen molar-refractivity contribution in [2.75, 3.05) is 27.0 Å². The normalized spacial score (nSPS) is 30.1. The van der Waals surface area contributed by atoms with Crippen LogP contribution < -0.4 is 0 Å². The molecule has 0 aromatic rings. The molecule has 0 radical (unpaired) electrons. The zero-order valence-electron chi connectivity index (χ0n) is 49.3. The number of esters is 6. The molecule has 0 aliphatic heterocycles. The summed E-state index contributed by atoms with van der Waals surface area (Å²) in [5, 5.41) is 0. The topological polar surface area (TPSA) is 185 Å². The first-order valence-corrected chi connectivity index (χ1v) is 31.3. The highest BCUT2D eigenvalue weighted by Crippen LogP contribution is 2.53. The van der Waals surface area contributed by atoms with Gasteiger partial charge in [-0.15, -0.1) is 0 Å². The van der Waals surface area contributed by atoms with Crippen molar-refractivity contribution in [2.45, 2.75) is 296 Å². The summed E-state index contributed by atoms with van der Waals surface area (Å²) in [5.74, 6) is 0.922. The van der Waals surface area contributed by atoms with Gasteiger partial charge >= 0.3 is 35.8 Å². The van der Waals surface area contributed by atoms with Crippen LogP contribution in [-0.2, 0) is 71.4 Å². The molecule has 15 nitrogen and oxygen atoms in total. The molecule has 0 N–H and O–H groups in total. The molecule has 83 heavy (non-hydrogen) atoms. The summed E-state index contributed by atoms with van der Waals surface area (Å²) < 4.78 is 50.6. The summed E-state index contributed by atoms with van der Waals surface area (Å²) in [4.78, 5) is 74.4. The molecule has 9 aliphatic rings. The van der Waals surface area contributed by atoms with Gasteiger partial charge in [0.15, 0.2) is 20.4 Å². The van der Waals surface area contributed by atoms with Gasteiger partial charge in [0.25, 0.3) is 0 Å². The number of hydrogen-bond acceptors (Lipinski definition) is 15. The molecule has 0 aromatic heterocycles. The van der Waals surface area contributed by atoms with Crippen LogP contribution in [0.2, 0.25) is 0 Å². The van der Waals surface area contributed by atoms with E-state index in [2.05, 4.69) is 0 Å². The van der Waals surface area contributed by atoms with Gasteiger partial charge in [-0.3, -0.25) is 28.8 Å². The highest BCUT2D eigenvalue weighted by molar-refractivity contribution is 5.78. The third-order valence-corrected chi connectivity index (χ3v) is 20.3. The number of rotatable bonds is 22. The lowest BCUT2D eigenvalue weighted by molar-refractivity contribution is -0.175. The predicted molar refractivity (Wildman–Crippen MR) is 325 cm³/mol. The molecule has 0 heterocycles. The molecular formula is C68H122O15. The van der Waals surface area contributed by atoms with Gasteiger partial charge in [-0.2, -0.15) is 0 Å². The lowest BCUT2D eigenvalue weighted by Gasteiger charge is -2.31. The van der Waals surface area contributed by atoms with Gasteiger partial charge in [-0.25, -0.2) is 0 Å². The van der Waals surface area contributed by atoms with Crippen molar-refractivity contribution in [3.63, 3.8) is 0 Å². The van der Waals surface area contributed by atoms with Gasteiger partial charge in [0.05, 0.1) is 53.3 Å². The molecule has 484 valence electrons. The fraction of sp³-hybridized carbons (Fsp3) is 0.912. The van der Waals surface area contributed by atoms with E-state index in [1.165, 1.54) is 70.6 Å². The molecule has 0 amide bonds. The monoisotopic (exact) mass is 1180 g/mol. The first-order valence-electron chi connectivity index (χ1n) is 31.3. The second-order valence-corrected chi connectivity index (χ2v) is 26.6. The fourth-order valence-corrected chi connectivity index (χ4v) is 14.2. The van der Waals surface area contributed by atoms with Crippen molar-refractivity contribution in [1.29, 1.82) is 0 Å². The summed E-state index contributed by atoms with van der Waals surface area (Å²) in [7, 11) is 0. The highest BCUT2D eigenvalue weighted by Gasteiger charge is 2.54. The smallest absolute Gasteiger partial charge is 0.311 e. The molecule has 0 saturated heterocycles. The second kappa shape index (κ2) is 36.1. The Bertz CT molecular complexity index is 1930. The number of carbonyl (C=O) groups is 6. The van der Waals surface area contributed by atoms with Crippen molar-refractivity contribution in [1.82, 2.24) is 0 Å². The largest absolute Gasteiger partial charge is 0.462 e. The molecule has 9 saturated carbocycles. The number of carbonyl (C=O) groups excluding carboxylic acids is 6. The fourth-order valence-electron chi connectivity index (χ4n) is 14.2. The Morgan fingerprint density at radius 2 is 0.771 bits per heavy atom. The van der Waals surface area contributed by atoms with Crippen LogP contribution in [0.15, 0.2) is 0 Å². The molecule has 6 bridgehead atoms. The van der Waals surface area contributed by atoms with Gasteiger partial charge in [0.1, 0.15) is 18.3 Å². The van der Waals surface area contributed by atoms with Crippen molar-refractivity contribution >= 4 is 35.8 Å². The number of ether oxygens (including phenoxy) is 9. The van der Waals surface area contributed by atoms with Crippen LogP contribution in [0.25, 0.3) is 0 Å². The van der Waals surface area contributed by atoms with Gasteiger partial charge in [-0.05, 0) is 167 Å². The van der Waals surface area contributed by atoms with E-state index >= 15 is 0 Å². The minimum Gasteiger partial charge on any atom is -0.462 e. The van der Waals surface area contributed by atoms with Crippen molar-refractivity contribution in [3.05, 3.63) is 0 Å². The summed E-state index contributed by atoms with van der Waals surface area (Å²) >= 11 is 0. The number of hydrogen-bond donors (Lipinski definition) is 0. The first-order chi connectivity index (χ1) is 37.4. The quantitative estimate of drug-likeness (QED) is 0.0431. The minimum atomic E-state index is -0.467. The van der Waals surface area contributed by atoms with Crippen molar-refractivity contribution < 1.29 is 71.4 Å². The van der Waals surface area contributed by atoms with Gasteiger partial charge in [0.2, 0.25) is 0 Å². The molecule has 13 atom stereocenters. The second-order valence-electron chi connectivity index (χ2n) is 26.6. The maximum atomic E-state index is 12.5. The van der Waals surface area contributed by atoms with Crippen LogP contribution in [0.1, 0.15) is 266 Å². The van der Waals surface area contributed by atoms with Crippen LogP contribution in [-0.4, -0.2) is 93.3 Å². The molecule has 9 aliphatic carbocycles. The Kier molecular flexibility index (Phi) is 33.0. The highest BCUT2D eigenvalue weighted by atomic mass is 16.7. The van der Waals surface area contributed by atoms with Crippen molar-refractivity contribution in [3.8, 4) is 0 Å². The first kappa shape index (κ1) is 75.8. The molecule has 9 rings (SSSR count). The maximum Gasteiger partial charge on any atom is 0.311 e. The number of fused-ring (bicyclic) bond motifs is 6. The Hall–Kier alpha value is -3.30. The zero-order chi connectivity index (χ0) is 56.0. The van der Waals surface area contributed by atoms with Crippen molar-refractivity contribution in [2.24, 2.45) is 75.9 Å². The van der Waals surface area contributed by atoms with Crippen LogP contribution in [0, 0.1) is 75.9 Å². The Balaban J connectivity index is 0.000000413. The molecule has 13 unspecified atom stereocenters. The van der Waals surface area contributed by atoms with E-state index in [-0.39, 0.29) is 165 Å². The average Bonchev–Trinajstić information content (AvgIpc) is 4.32. The zero-order valence-corrected chi connectivity index (χ0v) is 49.3. The summed E-state index contributed by atoms with van der Waals surface area (Å²) in [6.45, 7) is 16.4. The minimum absolute atomic E-state index is 0.